The van der Waals surface area contributed by atoms with Gasteiger partial charge in [-0.1, -0.05) is 60.7 Å². The summed E-state index contributed by atoms with van der Waals surface area (Å²) >= 11 is 1.50. The molecule has 1 N–H and O–H groups in total. The third-order valence-corrected chi connectivity index (χ3v) is 6.21. The molecule has 0 unspecified atom stereocenters. The van der Waals surface area contributed by atoms with Gasteiger partial charge >= 0.3 is 5.97 Å². The quantitative estimate of drug-likeness (QED) is 0.267. The Bertz CT molecular complexity index is 1460. The predicted molar refractivity (Wildman–Crippen MR) is 137 cm³/mol. The third-order valence-electron chi connectivity index (χ3n) is 5.14. The van der Waals surface area contributed by atoms with Gasteiger partial charge in [-0.05, 0) is 42.5 Å². The number of anilines is 1. The minimum absolute atomic E-state index is 0.354. The Hall–Kier alpha value is -4.49. The summed E-state index contributed by atoms with van der Waals surface area (Å²) in [6.07, 6.45) is 0. The molecule has 0 aliphatic heterocycles. The lowest BCUT2D eigenvalue weighted by Gasteiger charge is -2.12. The normalized spacial score (nSPS) is 10.6. The molecule has 172 valence electrons. The number of nitrogens with zero attached hydrogens (tertiary/aromatic N) is 1. The number of esters is 1. The van der Waals surface area contributed by atoms with Crippen molar-refractivity contribution in [1.82, 2.24) is 4.98 Å². The monoisotopic (exact) mass is 480 g/mol. The first-order valence-electron chi connectivity index (χ1n) is 10.9. The van der Waals surface area contributed by atoms with Gasteiger partial charge in [0.25, 0.3) is 5.91 Å². The zero-order valence-corrected chi connectivity index (χ0v) is 19.3. The second kappa shape index (κ2) is 10.2. The number of nitrogens with one attached hydrogen (secondary N) is 1. The van der Waals surface area contributed by atoms with Crippen LogP contribution in [0.25, 0.3) is 20.8 Å². The van der Waals surface area contributed by atoms with Crippen LogP contribution in [0.4, 0.5) is 5.69 Å². The number of fused-ring (bicyclic) bond motifs is 1. The summed E-state index contributed by atoms with van der Waals surface area (Å²) in [5.74, 6) is 0.0652. The van der Waals surface area contributed by atoms with E-state index in [1.807, 2.05) is 72.8 Å². The Morgan fingerprint density at radius 1 is 0.800 bits per heavy atom. The molecule has 5 aromatic rings. The van der Waals surface area contributed by atoms with Gasteiger partial charge < -0.3 is 14.8 Å². The van der Waals surface area contributed by atoms with E-state index in [4.69, 9.17) is 9.47 Å². The number of carbonyl (C=O) groups excluding carboxylic acids is 2. The standard InChI is InChI=1S/C28H20N2O4S/c31-26(29-22-14-6-8-16-24(22)34-19-10-2-1-3-11-19)18-33-28(32)21-13-5-4-12-20(21)27-30-23-15-7-9-17-25(23)35-27/h1-17H,18H2,(H,29,31). The molecule has 1 heterocycles. The van der Waals surface area contributed by atoms with Crippen LogP contribution >= 0.6 is 11.3 Å². The molecule has 1 amide bonds. The molecule has 0 spiro atoms. The second-order valence-corrected chi connectivity index (χ2v) is 8.60. The van der Waals surface area contributed by atoms with Gasteiger partial charge in [0.15, 0.2) is 12.4 Å². The zero-order valence-electron chi connectivity index (χ0n) is 18.5. The van der Waals surface area contributed by atoms with Crippen LogP contribution in [0, 0.1) is 0 Å². The van der Waals surface area contributed by atoms with Crippen molar-refractivity contribution in [3.8, 4) is 22.1 Å². The lowest BCUT2D eigenvalue weighted by molar-refractivity contribution is -0.119. The van der Waals surface area contributed by atoms with Gasteiger partial charge in [0.1, 0.15) is 10.8 Å². The van der Waals surface area contributed by atoms with E-state index in [9.17, 15) is 9.59 Å². The van der Waals surface area contributed by atoms with Crippen LogP contribution < -0.4 is 10.1 Å². The van der Waals surface area contributed by atoms with Crippen LogP contribution in [-0.2, 0) is 9.53 Å². The average molecular weight is 481 g/mol. The highest BCUT2D eigenvalue weighted by Gasteiger charge is 2.18. The molecule has 0 saturated carbocycles. The molecule has 0 fully saturated rings. The van der Waals surface area contributed by atoms with E-state index in [1.165, 1.54) is 11.3 Å². The molecule has 0 atom stereocenters. The summed E-state index contributed by atoms with van der Waals surface area (Å²) < 4.78 is 12.2. The number of aromatic nitrogens is 1. The molecule has 0 aliphatic rings. The number of hydrogen-bond donors (Lipinski definition) is 1. The Kier molecular flexibility index (Phi) is 6.50. The molecule has 0 bridgehead atoms. The number of thiazole rings is 1. The van der Waals surface area contributed by atoms with Gasteiger partial charge in [-0.2, -0.15) is 0 Å². The summed E-state index contributed by atoms with van der Waals surface area (Å²) in [5.41, 5.74) is 2.37. The van der Waals surface area contributed by atoms with E-state index < -0.39 is 18.5 Å². The Morgan fingerprint density at radius 3 is 2.37 bits per heavy atom. The van der Waals surface area contributed by atoms with Crippen molar-refractivity contribution in [3.63, 3.8) is 0 Å². The van der Waals surface area contributed by atoms with Crippen molar-refractivity contribution in [1.29, 1.82) is 0 Å². The van der Waals surface area contributed by atoms with Gasteiger partial charge in [-0.3, -0.25) is 4.79 Å². The summed E-state index contributed by atoms with van der Waals surface area (Å²) in [6, 6.07) is 31.2. The molecule has 0 aliphatic carbocycles. The van der Waals surface area contributed by atoms with E-state index in [0.717, 1.165) is 15.2 Å². The van der Waals surface area contributed by atoms with Crippen molar-refractivity contribution in [3.05, 3.63) is 109 Å². The first kappa shape index (κ1) is 22.3. The van der Waals surface area contributed by atoms with Gasteiger partial charge in [-0.15, -0.1) is 11.3 Å². The van der Waals surface area contributed by atoms with E-state index in [1.54, 1.807) is 30.3 Å². The Balaban J connectivity index is 1.27. The lowest BCUT2D eigenvalue weighted by Crippen LogP contribution is -2.21. The van der Waals surface area contributed by atoms with E-state index >= 15 is 0 Å². The van der Waals surface area contributed by atoms with Crippen molar-refractivity contribution in [2.24, 2.45) is 0 Å². The molecular weight excluding hydrogens is 460 g/mol. The SMILES string of the molecule is O=C(COC(=O)c1ccccc1-c1nc2ccccc2s1)Nc1ccccc1Oc1ccccc1. The zero-order chi connectivity index (χ0) is 24.0. The largest absolute Gasteiger partial charge is 0.455 e. The van der Waals surface area contributed by atoms with Crippen LogP contribution in [0.2, 0.25) is 0 Å². The molecule has 6 nitrogen and oxygen atoms in total. The number of amides is 1. The predicted octanol–water partition coefficient (Wildman–Crippen LogP) is 6.55. The maximum atomic E-state index is 12.9. The maximum Gasteiger partial charge on any atom is 0.339 e. The fraction of sp³-hybridized carbons (Fsp3) is 0.0357. The Morgan fingerprint density at radius 2 is 1.51 bits per heavy atom. The van der Waals surface area contributed by atoms with Crippen molar-refractivity contribution < 1.29 is 19.1 Å². The second-order valence-electron chi connectivity index (χ2n) is 7.57. The van der Waals surface area contributed by atoms with Crippen LogP contribution in [0.5, 0.6) is 11.5 Å². The fourth-order valence-corrected chi connectivity index (χ4v) is 4.51. The molecule has 5 rings (SSSR count). The van der Waals surface area contributed by atoms with Gasteiger partial charge in [0.2, 0.25) is 0 Å². The molecule has 0 saturated heterocycles. The Labute approximate surface area is 205 Å². The number of ether oxygens (including phenoxy) is 2. The van der Waals surface area contributed by atoms with Crippen molar-refractivity contribution >= 4 is 39.1 Å². The topological polar surface area (TPSA) is 77.5 Å². The lowest BCUT2D eigenvalue weighted by atomic mass is 10.1. The summed E-state index contributed by atoms with van der Waals surface area (Å²) in [4.78, 5) is 30.1. The van der Waals surface area contributed by atoms with E-state index in [-0.39, 0.29) is 0 Å². The van der Waals surface area contributed by atoms with Gasteiger partial charge in [0.05, 0.1) is 21.5 Å². The van der Waals surface area contributed by atoms with Crippen molar-refractivity contribution in [2.45, 2.75) is 0 Å². The summed E-state index contributed by atoms with van der Waals surface area (Å²) in [7, 11) is 0. The fourth-order valence-electron chi connectivity index (χ4n) is 3.50. The first-order chi connectivity index (χ1) is 17.2. The minimum atomic E-state index is -0.594. The van der Waals surface area contributed by atoms with E-state index in [2.05, 4.69) is 10.3 Å². The number of rotatable bonds is 7. The highest BCUT2D eigenvalue weighted by molar-refractivity contribution is 7.21. The number of carbonyl (C=O) groups is 2. The van der Waals surface area contributed by atoms with Gasteiger partial charge in [-0.25, -0.2) is 9.78 Å². The van der Waals surface area contributed by atoms with Crippen LogP contribution in [0.3, 0.4) is 0 Å². The maximum absolute atomic E-state index is 12.9. The van der Waals surface area contributed by atoms with Crippen molar-refractivity contribution in [2.75, 3.05) is 11.9 Å². The summed E-state index contributed by atoms with van der Waals surface area (Å²) in [6.45, 7) is -0.438. The molecule has 7 heteroatoms. The number of hydrogen-bond acceptors (Lipinski definition) is 6. The van der Waals surface area contributed by atoms with Crippen LogP contribution in [0.1, 0.15) is 10.4 Å². The van der Waals surface area contributed by atoms with Crippen LogP contribution in [0.15, 0.2) is 103 Å². The molecule has 0 radical (unpaired) electrons. The molecule has 4 aromatic carbocycles. The average Bonchev–Trinajstić information content (AvgIpc) is 3.33. The molecule has 35 heavy (non-hydrogen) atoms. The van der Waals surface area contributed by atoms with Gasteiger partial charge in [0, 0.05) is 5.56 Å². The highest BCUT2D eigenvalue weighted by Crippen LogP contribution is 2.32. The highest BCUT2D eigenvalue weighted by atomic mass is 32.1. The minimum Gasteiger partial charge on any atom is -0.455 e. The smallest absolute Gasteiger partial charge is 0.339 e. The van der Waals surface area contributed by atoms with E-state index in [0.29, 0.717) is 28.3 Å². The number of benzene rings is 4. The first-order valence-corrected chi connectivity index (χ1v) is 11.7. The molecule has 1 aromatic heterocycles. The summed E-state index contributed by atoms with van der Waals surface area (Å²) in [5, 5.41) is 3.47. The number of para-hydroxylation sites is 4. The third kappa shape index (κ3) is 5.20. The molecular formula is C28H20N2O4S. The van der Waals surface area contributed by atoms with Crippen LogP contribution in [-0.4, -0.2) is 23.5 Å².